The summed E-state index contributed by atoms with van der Waals surface area (Å²) >= 11 is 1.69. The molecule has 1 fully saturated rings. The Kier molecular flexibility index (Phi) is 4.98. The van der Waals surface area contributed by atoms with Gasteiger partial charge in [-0.1, -0.05) is 6.92 Å². The molecule has 0 amide bonds. The van der Waals surface area contributed by atoms with Crippen LogP contribution in [0, 0.1) is 0 Å². The largest absolute Gasteiger partial charge is 0.376 e. The minimum Gasteiger partial charge on any atom is -0.376 e. The second-order valence-corrected chi connectivity index (χ2v) is 5.30. The monoisotopic (exact) mass is 255 g/mol. The van der Waals surface area contributed by atoms with Crippen molar-refractivity contribution < 1.29 is 9.47 Å². The molecule has 4 heteroatoms. The molecule has 0 aromatic carbocycles. The smallest absolute Gasteiger partial charge is 0.0984 e. The van der Waals surface area contributed by atoms with Crippen LogP contribution in [-0.4, -0.2) is 25.4 Å². The molecule has 96 valence electrons. The van der Waals surface area contributed by atoms with E-state index >= 15 is 0 Å². The van der Waals surface area contributed by atoms with E-state index in [-0.39, 0.29) is 18.2 Å². The predicted octanol–water partition coefficient (Wildman–Crippen LogP) is 2.72. The zero-order valence-electron chi connectivity index (χ0n) is 10.3. The van der Waals surface area contributed by atoms with Crippen molar-refractivity contribution in [1.82, 2.24) is 0 Å². The Hall–Kier alpha value is -0.420. The van der Waals surface area contributed by atoms with Crippen molar-refractivity contribution in [1.29, 1.82) is 0 Å². The molecule has 1 aromatic heterocycles. The van der Waals surface area contributed by atoms with Crippen molar-refractivity contribution in [2.45, 2.75) is 44.4 Å². The average Bonchev–Trinajstić information content (AvgIpc) is 3.01. The van der Waals surface area contributed by atoms with E-state index in [2.05, 4.69) is 23.8 Å². The molecule has 1 aromatic rings. The summed E-state index contributed by atoms with van der Waals surface area (Å²) in [5.74, 6) is 0. The highest BCUT2D eigenvalue weighted by Gasteiger charge is 2.23. The quantitative estimate of drug-likeness (QED) is 0.850. The van der Waals surface area contributed by atoms with Crippen LogP contribution in [0.5, 0.6) is 0 Å². The number of nitrogens with two attached hydrogens (primary N) is 1. The van der Waals surface area contributed by atoms with Crippen LogP contribution in [0.3, 0.4) is 0 Å². The molecule has 1 aliphatic heterocycles. The molecule has 1 saturated heterocycles. The maximum atomic E-state index is 6.13. The average molecular weight is 255 g/mol. The van der Waals surface area contributed by atoms with Crippen LogP contribution in [0.25, 0.3) is 0 Å². The van der Waals surface area contributed by atoms with E-state index < -0.39 is 0 Å². The third kappa shape index (κ3) is 3.52. The summed E-state index contributed by atoms with van der Waals surface area (Å²) in [5, 5.41) is 4.19. The van der Waals surface area contributed by atoms with E-state index in [4.69, 9.17) is 15.2 Å². The van der Waals surface area contributed by atoms with Gasteiger partial charge < -0.3 is 15.2 Å². The fourth-order valence-electron chi connectivity index (χ4n) is 2.10. The molecule has 0 radical (unpaired) electrons. The van der Waals surface area contributed by atoms with Gasteiger partial charge in [-0.05, 0) is 41.7 Å². The maximum Gasteiger partial charge on any atom is 0.0984 e. The number of ether oxygens (including phenoxy) is 2. The molecule has 17 heavy (non-hydrogen) atoms. The highest BCUT2D eigenvalue weighted by Crippen LogP contribution is 2.25. The van der Waals surface area contributed by atoms with Crippen molar-refractivity contribution in [3.05, 3.63) is 22.4 Å². The molecule has 2 heterocycles. The second-order valence-electron chi connectivity index (χ2n) is 4.52. The normalized spacial score (nSPS) is 23.8. The minimum absolute atomic E-state index is 0.00968. The van der Waals surface area contributed by atoms with Crippen molar-refractivity contribution >= 4 is 11.3 Å². The lowest BCUT2D eigenvalue weighted by Gasteiger charge is -2.24. The summed E-state index contributed by atoms with van der Waals surface area (Å²) in [5.41, 5.74) is 7.33. The maximum absolute atomic E-state index is 6.13. The molecule has 2 N–H and O–H groups in total. The van der Waals surface area contributed by atoms with E-state index in [1.54, 1.807) is 11.3 Å². The molecule has 0 aliphatic carbocycles. The lowest BCUT2D eigenvalue weighted by Crippen LogP contribution is -2.31. The van der Waals surface area contributed by atoms with Gasteiger partial charge in [0.1, 0.15) is 0 Å². The molecular formula is C13H21NO2S. The zero-order valence-corrected chi connectivity index (χ0v) is 11.1. The molecule has 1 aliphatic rings. The Labute approximate surface area is 107 Å². The van der Waals surface area contributed by atoms with Crippen molar-refractivity contribution in [3.63, 3.8) is 0 Å². The number of thiophene rings is 1. The highest BCUT2D eigenvalue weighted by atomic mass is 32.1. The van der Waals surface area contributed by atoms with Crippen LogP contribution in [0.4, 0.5) is 0 Å². The summed E-state index contributed by atoms with van der Waals surface area (Å²) in [6, 6.07) is 2.16. The Morgan fingerprint density at radius 3 is 3.12 bits per heavy atom. The van der Waals surface area contributed by atoms with Gasteiger partial charge in [-0.2, -0.15) is 11.3 Å². The van der Waals surface area contributed by atoms with E-state index in [0.717, 1.165) is 25.9 Å². The Balaban J connectivity index is 1.91. The van der Waals surface area contributed by atoms with Gasteiger partial charge >= 0.3 is 0 Å². The van der Waals surface area contributed by atoms with Gasteiger partial charge in [-0.15, -0.1) is 0 Å². The Morgan fingerprint density at radius 2 is 2.53 bits per heavy atom. The first kappa shape index (κ1) is 13.0. The van der Waals surface area contributed by atoms with Gasteiger partial charge in [-0.25, -0.2) is 0 Å². The van der Waals surface area contributed by atoms with Gasteiger partial charge in [0.25, 0.3) is 0 Å². The molecule has 0 spiro atoms. The first-order chi connectivity index (χ1) is 8.31. The number of hydrogen-bond acceptors (Lipinski definition) is 4. The van der Waals surface area contributed by atoms with Crippen LogP contribution in [0.2, 0.25) is 0 Å². The van der Waals surface area contributed by atoms with Gasteiger partial charge in [-0.3, -0.25) is 0 Å². The first-order valence-corrected chi connectivity index (χ1v) is 7.26. The van der Waals surface area contributed by atoms with Crippen molar-refractivity contribution in [2.24, 2.45) is 5.73 Å². The zero-order chi connectivity index (χ0) is 12.1. The fourth-order valence-corrected chi connectivity index (χ4v) is 2.79. The van der Waals surface area contributed by atoms with Crippen molar-refractivity contribution in [2.75, 3.05) is 13.2 Å². The summed E-state index contributed by atoms with van der Waals surface area (Å²) < 4.78 is 11.6. The molecule has 3 atom stereocenters. The molecule has 3 nitrogen and oxygen atoms in total. The number of rotatable bonds is 6. The highest BCUT2D eigenvalue weighted by molar-refractivity contribution is 7.07. The molecule has 2 rings (SSSR count). The molecule has 0 saturated carbocycles. The van der Waals surface area contributed by atoms with E-state index in [9.17, 15) is 0 Å². The van der Waals surface area contributed by atoms with Crippen molar-refractivity contribution in [3.8, 4) is 0 Å². The van der Waals surface area contributed by atoms with E-state index in [1.807, 2.05) is 0 Å². The SMILES string of the molecule is CCC(N)C(OCC1CCCO1)c1ccsc1. The summed E-state index contributed by atoms with van der Waals surface area (Å²) in [6.45, 7) is 3.63. The lowest BCUT2D eigenvalue weighted by atomic mass is 10.0. The van der Waals surface area contributed by atoms with Gasteiger partial charge in [0.15, 0.2) is 0 Å². The van der Waals surface area contributed by atoms with E-state index in [1.165, 1.54) is 5.56 Å². The van der Waals surface area contributed by atoms with Crippen LogP contribution in [0.1, 0.15) is 37.9 Å². The standard InChI is InChI=1S/C13H21NO2S/c1-2-12(14)13(10-5-7-17-9-10)16-8-11-4-3-6-15-11/h5,7,9,11-13H,2-4,6,8,14H2,1H3. The second kappa shape index (κ2) is 6.50. The number of hydrogen-bond donors (Lipinski definition) is 1. The summed E-state index contributed by atoms with van der Waals surface area (Å²) in [7, 11) is 0. The molecular weight excluding hydrogens is 234 g/mol. The molecule has 3 unspecified atom stereocenters. The van der Waals surface area contributed by atoms with Crippen LogP contribution in [0.15, 0.2) is 16.8 Å². The third-order valence-electron chi connectivity index (χ3n) is 3.22. The summed E-state index contributed by atoms with van der Waals surface area (Å²) in [6.07, 6.45) is 3.46. The van der Waals surface area contributed by atoms with Crippen LogP contribution in [-0.2, 0) is 9.47 Å². The Bertz CT molecular complexity index is 309. The fraction of sp³-hybridized carbons (Fsp3) is 0.692. The van der Waals surface area contributed by atoms with Gasteiger partial charge in [0.05, 0.1) is 18.8 Å². The Morgan fingerprint density at radius 1 is 1.65 bits per heavy atom. The topological polar surface area (TPSA) is 44.5 Å². The van der Waals surface area contributed by atoms with Crippen LogP contribution >= 0.6 is 11.3 Å². The van der Waals surface area contributed by atoms with E-state index in [0.29, 0.717) is 6.61 Å². The minimum atomic E-state index is 0.00968. The predicted molar refractivity (Wildman–Crippen MR) is 70.3 cm³/mol. The third-order valence-corrected chi connectivity index (χ3v) is 3.92. The lowest BCUT2D eigenvalue weighted by molar-refractivity contribution is -0.0308. The molecule has 0 bridgehead atoms. The van der Waals surface area contributed by atoms with Gasteiger partial charge in [0, 0.05) is 12.6 Å². The van der Waals surface area contributed by atoms with Gasteiger partial charge in [0.2, 0.25) is 0 Å². The first-order valence-electron chi connectivity index (χ1n) is 6.32. The van der Waals surface area contributed by atoms with Crippen LogP contribution < -0.4 is 5.73 Å². The summed E-state index contributed by atoms with van der Waals surface area (Å²) in [4.78, 5) is 0.